The molecule has 4 unspecified atom stereocenters. The molecule has 1 aromatic heterocycles. The SMILES string of the molecule is CC1C(CN2CCCCCCC2)OC(c2cccc(-c3cccc(CNC(=O)c4cccnc4)c3)c2)OC1c1ccc(CO)cc1. The molecule has 0 bridgehead atoms. The smallest absolute Gasteiger partial charge is 0.253 e. The van der Waals surface area contributed by atoms with Gasteiger partial charge in [0.15, 0.2) is 6.29 Å². The molecule has 7 nitrogen and oxygen atoms in total. The number of likely N-dealkylation sites (tertiary alicyclic amines) is 1. The molecule has 0 radical (unpaired) electrons. The van der Waals surface area contributed by atoms with Crippen LogP contribution in [0.2, 0.25) is 0 Å². The number of nitrogens with zero attached hydrogens (tertiary/aromatic N) is 2. The summed E-state index contributed by atoms with van der Waals surface area (Å²) in [5, 5.41) is 12.6. The zero-order chi connectivity index (χ0) is 31.7. The van der Waals surface area contributed by atoms with Crippen molar-refractivity contribution in [2.45, 2.75) is 70.7 Å². The Balaban J connectivity index is 1.22. The van der Waals surface area contributed by atoms with Gasteiger partial charge in [0.25, 0.3) is 5.91 Å². The summed E-state index contributed by atoms with van der Waals surface area (Å²) in [5.41, 5.74) is 6.66. The number of aromatic nitrogens is 1. The number of pyridine rings is 1. The Morgan fingerprint density at radius 3 is 2.33 bits per heavy atom. The summed E-state index contributed by atoms with van der Waals surface area (Å²) in [7, 11) is 0. The molecule has 6 rings (SSSR count). The van der Waals surface area contributed by atoms with Crippen molar-refractivity contribution in [1.82, 2.24) is 15.2 Å². The molecule has 0 spiro atoms. The number of hydrogen-bond donors (Lipinski definition) is 2. The Labute approximate surface area is 272 Å². The quantitative estimate of drug-likeness (QED) is 0.206. The van der Waals surface area contributed by atoms with Crippen LogP contribution < -0.4 is 5.32 Å². The first-order valence-electron chi connectivity index (χ1n) is 16.7. The number of nitrogens with one attached hydrogen (secondary N) is 1. The van der Waals surface area contributed by atoms with Crippen LogP contribution >= 0.6 is 0 Å². The van der Waals surface area contributed by atoms with Gasteiger partial charge in [-0.05, 0) is 78.0 Å². The van der Waals surface area contributed by atoms with E-state index < -0.39 is 6.29 Å². The Bertz CT molecular complexity index is 1550. The lowest BCUT2D eigenvalue weighted by molar-refractivity contribution is -0.276. The molecule has 240 valence electrons. The normalized spacial score (nSPS) is 22.5. The average molecular weight is 620 g/mol. The topological polar surface area (TPSA) is 83.9 Å². The van der Waals surface area contributed by atoms with Crippen molar-refractivity contribution < 1.29 is 19.4 Å². The Morgan fingerprint density at radius 1 is 0.848 bits per heavy atom. The van der Waals surface area contributed by atoms with Crippen molar-refractivity contribution in [1.29, 1.82) is 0 Å². The molecule has 7 heteroatoms. The fourth-order valence-electron chi connectivity index (χ4n) is 6.59. The number of aliphatic hydroxyl groups excluding tert-OH is 1. The van der Waals surface area contributed by atoms with E-state index in [1.54, 1.807) is 24.5 Å². The fourth-order valence-corrected chi connectivity index (χ4v) is 6.59. The first kappa shape index (κ1) is 32.1. The highest BCUT2D eigenvalue weighted by molar-refractivity contribution is 5.93. The summed E-state index contributed by atoms with van der Waals surface area (Å²) in [6.45, 7) is 5.80. The first-order chi connectivity index (χ1) is 22.6. The fraction of sp³-hybridized carbons (Fsp3) is 0.385. The average Bonchev–Trinajstić information content (AvgIpc) is 3.09. The highest BCUT2D eigenvalue weighted by Crippen LogP contribution is 2.42. The van der Waals surface area contributed by atoms with Crippen LogP contribution in [0.4, 0.5) is 0 Å². The third kappa shape index (κ3) is 8.09. The van der Waals surface area contributed by atoms with Crippen LogP contribution in [0.25, 0.3) is 11.1 Å². The Kier molecular flexibility index (Phi) is 10.9. The second-order valence-corrected chi connectivity index (χ2v) is 12.6. The maximum atomic E-state index is 12.6. The molecule has 0 aliphatic carbocycles. The van der Waals surface area contributed by atoms with Gasteiger partial charge < -0.3 is 24.8 Å². The number of carbonyl (C=O) groups excluding carboxylic acids is 1. The molecule has 4 aromatic rings. The van der Waals surface area contributed by atoms with Crippen molar-refractivity contribution in [3.05, 3.63) is 125 Å². The summed E-state index contributed by atoms with van der Waals surface area (Å²) in [4.78, 5) is 19.2. The Hall–Kier alpha value is -3.88. The monoisotopic (exact) mass is 619 g/mol. The van der Waals surface area contributed by atoms with Gasteiger partial charge in [0, 0.05) is 37.0 Å². The van der Waals surface area contributed by atoms with Gasteiger partial charge in [0.1, 0.15) is 0 Å². The summed E-state index contributed by atoms with van der Waals surface area (Å²) >= 11 is 0. The predicted octanol–water partition coefficient (Wildman–Crippen LogP) is 7.23. The molecule has 2 saturated heterocycles. The molecule has 2 aliphatic rings. The number of carbonyl (C=O) groups is 1. The van der Waals surface area contributed by atoms with Crippen LogP contribution in [0, 0.1) is 5.92 Å². The minimum atomic E-state index is -0.514. The summed E-state index contributed by atoms with van der Waals surface area (Å²) in [6.07, 6.45) is 9.00. The van der Waals surface area contributed by atoms with Crippen molar-refractivity contribution in [3.63, 3.8) is 0 Å². The zero-order valence-corrected chi connectivity index (χ0v) is 26.7. The zero-order valence-electron chi connectivity index (χ0n) is 26.7. The van der Waals surface area contributed by atoms with Gasteiger partial charge in [-0.15, -0.1) is 0 Å². The third-order valence-corrected chi connectivity index (χ3v) is 9.31. The largest absolute Gasteiger partial charge is 0.392 e. The van der Waals surface area contributed by atoms with Gasteiger partial charge in [0.05, 0.1) is 24.4 Å². The van der Waals surface area contributed by atoms with Crippen LogP contribution in [0.1, 0.15) is 84.0 Å². The second-order valence-electron chi connectivity index (χ2n) is 12.6. The minimum Gasteiger partial charge on any atom is -0.392 e. The van der Waals surface area contributed by atoms with Crippen molar-refractivity contribution >= 4 is 5.91 Å². The molecule has 2 fully saturated rings. The highest BCUT2D eigenvalue weighted by atomic mass is 16.7. The standard InChI is InChI=1S/C39H45N3O4/c1-28-36(26-42-20-5-3-2-4-6-21-42)45-39(46-37(28)31-17-15-29(27-43)16-18-31)34-13-8-12-33(23-34)32-11-7-10-30(22-32)24-41-38(44)35-14-9-19-40-25-35/h7-19,22-23,25,28,36-37,39,43H,2-6,20-21,24,26-27H2,1H3,(H,41,44). The van der Waals surface area contributed by atoms with Crippen molar-refractivity contribution in [2.24, 2.45) is 5.92 Å². The van der Waals surface area contributed by atoms with E-state index in [2.05, 4.69) is 70.7 Å². The van der Waals surface area contributed by atoms with E-state index in [0.717, 1.165) is 53.0 Å². The molecular formula is C39H45N3O4. The molecule has 2 aliphatic heterocycles. The van der Waals surface area contributed by atoms with Crippen LogP contribution in [-0.4, -0.2) is 46.6 Å². The molecule has 1 amide bonds. The van der Waals surface area contributed by atoms with E-state index in [1.165, 1.54) is 32.1 Å². The molecule has 3 heterocycles. The van der Waals surface area contributed by atoms with Gasteiger partial charge in [-0.25, -0.2) is 0 Å². The maximum absolute atomic E-state index is 12.6. The van der Waals surface area contributed by atoms with E-state index in [-0.39, 0.29) is 30.6 Å². The maximum Gasteiger partial charge on any atom is 0.253 e. The number of ether oxygens (including phenoxy) is 2. The number of aliphatic hydroxyl groups is 1. The number of benzene rings is 3. The number of hydrogen-bond acceptors (Lipinski definition) is 6. The number of rotatable bonds is 9. The lowest BCUT2D eigenvalue weighted by Gasteiger charge is -2.43. The van der Waals surface area contributed by atoms with E-state index in [4.69, 9.17) is 9.47 Å². The lowest BCUT2D eigenvalue weighted by Crippen LogP contribution is -2.45. The van der Waals surface area contributed by atoms with Gasteiger partial charge in [0.2, 0.25) is 0 Å². The molecular weight excluding hydrogens is 574 g/mol. The third-order valence-electron chi connectivity index (χ3n) is 9.31. The minimum absolute atomic E-state index is 0.0103. The van der Waals surface area contributed by atoms with Gasteiger partial charge in [-0.2, -0.15) is 0 Å². The van der Waals surface area contributed by atoms with Gasteiger partial charge in [-0.1, -0.05) is 86.8 Å². The van der Waals surface area contributed by atoms with Crippen molar-refractivity contribution in [3.8, 4) is 11.1 Å². The molecule has 4 atom stereocenters. The van der Waals surface area contributed by atoms with Gasteiger partial charge >= 0.3 is 0 Å². The van der Waals surface area contributed by atoms with E-state index >= 15 is 0 Å². The Morgan fingerprint density at radius 2 is 1.59 bits per heavy atom. The van der Waals surface area contributed by atoms with Crippen LogP contribution in [0.3, 0.4) is 0 Å². The van der Waals surface area contributed by atoms with E-state index in [0.29, 0.717) is 12.1 Å². The number of amides is 1. The molecule has 0 saturated carbocycles. The molecule has 46 heavy (non-hydrogen) atoms. The molecule has 3 aromatic carbocycles. The van der Waals surface area contributed by atoms with Crippen molar-refractivity contribution in [2.75, 3.05) is 19.6 Å². The summed E-state index contributed by atoms with van der Waals surface area (Å²) in [6, 6.07) is 28.3. The van der Waals surface area contributed by atoms with Gasteiger partial charge in [-0.3, -0.25) is 9.78 Å². The predicted molar refractivity (Wildman–Crippen MR) is 180 cm³/mol. The summed E-state index contributed by atoms with van der Waals surface area (Å²) < 4.78 is 13.6. The van der Waals surface area contributed by atoms with Crippen LogP contribution in [0.5, 0.6) is 0 Å². The van der Waals surface area contributed by atoms with E-state index in [1.807, 2.05) is 24.3 Å². The molecule has 2 N–H and O–H groups in total. The second kappa shape index (κ2) is 15.6. The van der Waals surface area contributed by atoms with Crippen LogP contribution in [-0.2, 0) is 22.6 Å². The highest BCUT2D eigenvalue weighted by Gasteiger charge is 2.39. The van der Waals surface area contributed by atoms with E-state index in [9.17, 15) is 9.90 Å². The summed E-state index contributed by atoms with van der Waals surface area (Å²) in [5.74, 6) is 0.00979. The first-order valence-corrected chi connectivity index (χ1v) is 16.7. The van der Waals surface area contributed by atoms with Crippen LogP contribution in [0.15, 0.2) is 97.3 Å². The lowest BCUT2D eigenvalue weighted by atomic mass is 9.89.